The maximum atomic E-state index is 11.8. The molecule has 0 amide bonds. The third kappa shape index (κ3) is 2.94. The molecule has 6 heteroatoms. The summed E-state index contributed by atoms with van der Waals surface area (Å²) < 4.78 is 39.7. The van der Waals surface area contributed by atoms with Crippen molar-refractivity contribution in [2.45, 2.75) is 6.18 Å². The van der Waals surface area contributed by atoms with Crippen LogP contribution in [0.3, 0.4) is 0 Å². The van der Waals surface area contributed by atoms with Crippen LogP contribution in [0.2, 0.25) is 0 Å². The predicted octanol–water partition coefficient (Wildman–Crippen LogP) is 1.89. The van der Waals surface area contributed by atoms with Gasteiger partial charge in [0.25, 0.3) is 0 Å². The Balaban J connectivity index is 2.73. The molecule has 0 bridgehead atoms. The summed E-state index contributed by atoms with van der Waals surface area (Å²) in [4.78, 5) is 3.58. The highest BCUT2D eigenvalue weighted by molar-refractivity contribution is 5.39. The topological polar surface area (TPSA) is 45.9 Å². The van der Waals surface area contributed by atoms with E-state index in [0.717, 1.165) is 6.20 Å². The molecule has 1 aromatic heterocycles. The van der Waals surface area contributed by atoms with Crippen LogP contribution >= 0.6 is 0 Å². The Morgan fingerprint density at radius 1 is 1.50 bits per heavy atom. The lowest BCUT2D eigenvalue weighted by Crippen LogP contribution is -2.19. The zero-order chi connectivity index (χ0) is 10.6. The fourth-order valence-electron chi connectivity index (χ4n) is 0.751. The molecule has 0 aromatic carbocycles. The van der Waals surface area contributed by atoms with Crippen molar-refractivity contribution in [1.29, 1.82) is 5.26 Å². The first-order chi connectivity index (χ1) is 6.53. The molecule has 0 atom stereocenters. The Labute approximate surface area is 77.7 Å². The number of ether oxygens (including phenoxy) is 1. The number of halogens is 3. The summed E-state index contributed by atoms with van der Waals surface area (Å²) in [5.74, 6) is -0.111. The number of hydrogen-bond donors (Lipinski definition) is 0. The molecule has 0 radical (unpaired) electrons. The molecule has 0 saturated heterocycles. The van der Waals surface area contributed by atoms with Gasteiger partial charge < -0.3 is 4.74 Å². The number of aromatic nitrogens is 1. The van der Waals surface area contributed by atoms with Gasteiger partial charge in [0, 0.05) is 12.4 Å². The molecule has 1 heterocycles. The molecular weight excluding hydrogens is 197 g/mol. The molecule has 14 heavy (non-hydrogen) atoms. The highest BCUT2D eigenvalue weighted by atomic mass is 19.4. The van der Waals surface area contributed by atoms with Gasteiger partial charge in [0.15, 0.2) is 6.61 Å². The van der Waals surface area contributed by atoms with Crippen LogP contribution in [-0.4, -0.2) is 17.8 Å². The van der Waals surface area contributed by atoms with Crippen LogP contribution in [0.5, 0.6) is 5.75 Å². The molecule has 1 aromatic rings. The summed E-state index contributed by atoms with van der Waals surface area (Å²) in [6.45, 7) is -1.41. The van der Waals surface area contributed by atoms with Crippen LogP contribution in [0.15, 0.2) is 18.5 Å². The molecular formula is C8H5F3N2O. The van der Waals surface area contributed by atoms with E-state index >= 15 is 0 Å². The Morgan fingerprint density at radius 3 is 2.79 bits per heavy atom. The summed E-state index contributed by atoms with van der Waals surface area (Å²) in [5.41, 5.74) is -0.0169. The van der Waals surface area contributed by atoms with Crippen molar-refractivity contribution < 1.29 is 17.9 Å². The molecule has 0 aliphatic heterocycles. The van der Waals surface area contributed by atoms with Gasteiger partial charge in [-0.15, -0.1) is 0 Å². The number of nitrogens with zero attached hydrogens (tertiary/aromatic N) is 2. The molecule has 0 unspecified atom stereocenters. The molecule has 0 saturated carbocycles. The van der Waals surface area contributed by atoms with Crippen molar-refractivity contribution in [1.82, 2.24) is 4.98 Å². The Kier molecular flexibility index (Phi) is 2.92. The quantitative estimate of drug-likeness (QED) is 0.735. The first kappa shape index (κ1) is 10.3. The van der Waals surface area contributed by atoms with Gasteiger partial charge in [-0.2, -0.15) is 18.4 Å². The number of pyridine rings is 1. The number of rotatable bonds is 2. The fraction of sp³-hybridized carbons (Fsp3) is 0.250. The molecule has 74 valence electrons. The average Bonchev–Trinajstić information content (AvgIpc) is 2.14. The number of hydrogen-bond acceptors (Lipinski definition) is 3. The minimum Gasteiger partial charge on any atom is -0.483 e. The molecule has 0 N–H and O–H groups in total. The van der Waals surface area contributed by atoms with Crippen molar-refractivity contribution in [2.75, 3.05) is 6.61 Å². The summed E-state index contributed by atoms with van der Waals surface area (Å²) >= 11 is 0. The standard InChI is InChI=1S/C8H5F3N2O/c9-8(10,11)5-14-7-1-2-13-4-6(7)3-12/h1-2,4H,5H2. The maximum Gasteiger partial charge on any atom is 0.422 e. The van der Waals surface area contributed by atoms with Crippen molar-refractivity contribution in [2.24, 2.45) is 0 Å². The molecule has 0 aliphatic carbocycles. The average molecular weight is 202 g/mol. The smallest absolute Gasteiger partial charge is 0.422 e. The number of nitriles is 1. The second kappa shape index (κ2) is 3.96. The van der Waals surface area contributed by atoms with E-state index in [-0.39, 0.29) is 11.3 Å². The van der Waals surface area contributed by atoms with E-state index in [4.69, 9.17) is 5.26 Å². The lowest BCUT2D eigenvalue weighted by molar-refractivity contribution is -0.153. The Hall–Kier alpha value is -1.77. The van der Waals surface area contributed by atoms with Gasteiger partial charge in [0.05, 0.1) is 0 Å². The van der Waals surface area contributed by atoms with Crippen molar-refractivity contribution in [3.63, 3.8) is 0 Å². The van der Waals surface area contributed by atoms with E-state index in [1.54, 1.807) is 6.07 Å². The van der Waals surface area contributed by atoms with Gasteiger partial charge >= 0.3 is 6.18 Å². The minimum absolute atomic E-state index is 0.0169. The lowest BCUT2D eigenvalue weighted by atomic mass is 10.3. The Morgan fingerprint density at radius 2 is 2.21 bits per heavy atom. The second-order valence-corrected chi connectivity index (χ2v) is 2.39. The van der Waals surface area contributed by atoms with Crippen LogP contribution in [-0.2, 0) is 0 Å². The summed E-state index contributed by atoms with van der Waals surface area (Å²) in [6.07, 6.45) is -2.01. The molecule has 3 nitrogen and oxygen atoms in total. The summed E-state index contributed by atoms with van der Waals surface area (Å²) in [6, 6.07) is 2.89. The monoisotopic (exact) mass is 202 g/mol. The molecule has 0 spiro atoms. The van der Waals surface area contributed by atoms with Crippen LogP contribution < -0.4 is 4.74 Å². The van der Waals surface area contributed by atoms with Gasteiger partial charge in [0.1, 0.15) is 17.4 Å². The van der Waals surface area contributed by atoms with Crippen LogP contribution in [0.4, 0.5) is 13.2 Å². The van der Waals surface area contributed by atoms with Crippen LogP contribution in [0.25, 0.3) is 0 Å². The third-order valence-electron chi connectivity index (χ3n) is 1.29. The first-order valence-electron chi connectivity index (χ1n) is 3.56. The van der Waals surface area contributed by atoms with Gasteiger partial charge in [-0.25, -0.2) is 0 Å². The highest BCUT2D eigenvalue weighted by Crippen LogP contribution is 2.20. The van der Waals surface area contributed by atoms with Gasteiger partial charge in [-0.3, -0.25) is 4.98 Å². The molecule has 0 fully saturated rings. The van der Waals surface area contributed by atoms with Crippen LogP contribution in [0.1, 0.15) is 5.56 Å². The second-order valence-electron chi connectivity index (χ2n) is 2.39. The largest absolute Gasteiger partial charge is 0.483 e. The summed E-state index contributed by atoms with van der Waals surface area (Å²) in [5, 5.41) is 8.50. The van der Waals surface area contributed by atoms with Gasteiger partial charge in [0.2, 0.25) is 0 Å². The SMILES string of the molecule is N#Cc1cnccc1OCC(F)(F)F. The predicted molar refractivity (Wildman–Crippen MR) is 40.5 cm³/mol. The third-order valence-corrected chi connectivity index (χ3v) is 1.29. The van der Waals surface area contributed by atoms with Crippen LogP contribution in [0, 0.1) is 11.3 Å². The van der Waals surface area contributed by atoms with Gasteiger partial charge in [-0.1, -0.05) is 0 Å². The van der Waals surface area contributed by atoms with Crippen molar-refractivity contribution in [3.8, 4) is 11.8 Å². The molecule has 1 rings (SSSR count). The zero-order valence-corrected chi connectivity index (χ0v) is 6.88. The van der Waals surface area contributed by atoms with Gasteiger partial charge in [-0.05, 0) is 6.07 Å². The molecule has 0 aliphatic rings. The van der Waals surface area contributed by atoms with Crippen molar-refractivity contribution >= 4 is 0 Å². The van der Waals surface area contributed by atoms with E-state index in [0.29, 0.717) is 0 Å². The van der Waals surface area contributed by atoms with E-state index in [9.17, 15) is 13.2 Å². The normalized spacial score (nSPS) is 10.7. The Bertz CT molecular complexity index is 356. The lowest BCUT2D eigenvalue weighted by Gasteiger charge is -2.09. The fourth-order valence-corrected chi connectivity index (χ4v) is 0.751. The van der Waals surface area contributed by atoms with E-state index in [1.165, 1.54) is 12.3 Å². The van der Waals surface area contributed by atoms with E-state index in [2.05, 4.69) is 9.72 Å². The van der Waals surface area contributed by atoms with E-state index in [1.807, 2.05) is 0 Å². The highest BCUT2D eigenvalue weighted by Gasteiger charge is 2.28. The maximum absolute atomic E-state index is 11.8. The van der Waals surface area contributed by atoms with Crippen molar-refractivity contribution in [3.05, 3.63) is 24.0 Å². The minimum atomic E-state index is -4.41. The first-order valence-corrected chi connectivity index (χ1v) is 3.56. The summed E-state index contributed by atoms with van der Waals surface area (Å²) in [7, 11) is 0. The number of alkyl halides is 3. The van der Waals surface area contributed by atoms with E-state index < -0.39 is 12.8 Å². The zero-order valence-electron chi connectivity index (χ0n) is 6.88.